The zero-order valence-electron chi connectivity index (χ0n) is 16.7. The Morgan fingerprint density at radius 1 is 1.17 bits per heavy atom. The number of fused-ring (bicyclic) bond motifs is 1. The van der Waals surface area contributed by atoms with Crippen LogP contribution in [-0.4, -0.2) is 42.3 Å². The Bertz CT molecular complexity index is 1250. The maximum Gasteiger partial charge on any atom is 0.330 e. The molecule has 0 unspecified atom stereocenters. The Balaban J connectivity index is 1.50. The second-order valence-corrected chi connectivity index (χ2v) is 7.33. The molecule has 1 fully saturated rings. The minimum Gasteiger partial charge on any atom is -0.442 e. The number of imidazole rings is 1. The van der Waals surface area contributed by atoms with Gasteiger partial charge in [-0.15, -0.1) is 0 Å². The van der Waals surface area contributed by atoms with Crippen molar-refractivity contribution >= 4 is 22.8 Å². The molecule has 10 heteroatoms. The number of nitrogens with one attached hydrogen (secondary N) is 1. The Morgan fingerprint density at radius 3 is 2.73 bits per heavy atom. The minimum absolute atomic E-state index is 0.0716. The summed E-state index contributed by atoms with van der Waals surface area (Å²) < 4.78 is 14.1. The summed E-state index contributed by atoms with van der Waals surface area (Å²) in [5, 5.41) is 3.22. The predicted octanol–water partition coefficient (Wildman–Crippen LogP) is 2.58. The molecule has 0 aliphatic carbocycles. The number of rotatable bonds is 4. The summed E-state index contributed by atoms with van der Waals surface area (Å²) >= 11 is 0. The van der Waals surface area contributed by atoms with Gasteiger partial charge in [0.25, 0.3) is 0 Å². The smallest absolute Gasteiger partial charge is 0.330 e. The third-order valence-corrected chi connectivity index (χ3v) is 5.43. The molecule has 0 spiro atoms. The van der Waals surface area contributed by atoms with E-state index in [0.717, 1.165) is 24.1 Å². The zero-order valence-corrected chi connectivity index (χ0v) is 16.7. The van der Waals surface area contributed by atoms with Crippen LogP contribution in [0.3, 0.4) is 0 Å². The summed E-state index contributed by atoms with van der Waals surface area (Å²) in [6.45, 7) is 3.25. The lowest BCUT2D eigenvalue weighted by molar-refractivity contribution is 0.0695. The van der Waals surface area contributed by atoms with Crippen molar-refractivity contribution in [3.8, 4) is 11.5 Å². The van der Waals surface area contributed by atoms with Gasteiger partial charge in [0, 0.05) is 26.3 Å². The number of hydrogen-bond acceptors (Lipinski definition) is 8. The molecule has 30 heavy (non-hydrogen) atoms. The second kappa shape index (κ2) is 7.38. The summed E-state index contributed by atoms with van der Waals surface area (Å²) in [6, 6.07) is 1.98. The number of aromatic nitrogens is 6. The molecule has 1 N–H and O–H groups in total. The molecule has 4 aromatic heterocycles. The number of oxazole rings is 1. The molecule has 0 bridgehead atoms. The van der Waals surface area contributed by atoms with E-state index in [0.29, 0.717) is 41.8 Å². The third-order valence-electron chi connectivity index (χ3n) is 5.43. The molecule has 10 nitrogen and oxygen atoms in total. The molecule has 0 aromatic carbocycles. The van der Waals surface area contributed by atoms with Crippen molar-refractivity contribution in [1.82, 2.24) is 29.1 Å². The first-order chi connectivity index (χ1) is 14.6. The molecule has 0 radical (unpaired) electrons. The van der Waals surface area contributed by atoms with E-state index in [1.807, 2.05) is 13.0 Å². The van der Waals surface area contributed by atoms with E-state index < -0.39 is 0 Å². The molecule has 0 saturated carbocycles. The fourth-order valence-corrected chi connectivity index (χ4v) is 3.75. The molecule has 0 amide bonds. The highest BCUT2D eigenvalue weighted by Gasteiger charge is 2.23. The van der Waals surface area contributed by atoms with Crippen LogP contribution < -0.4 is 11.0 Å². The fourth-order valence-electron chi connectivity index (χ4n) is 3.75. The highest BCUT2D eigenvalue weighted by atomic mass is 16.5. The zero-order chi connectivity index (χ0) is 20.7. The summed E-state index contributed by atoms with van der Waals surface area (Å²) in [6.07, 6.45) is 7.96. The summed E-state index contributed by atoms with van der Waals surface area (Å²) in [5.74, 6) is 1.01. The average Bonchev–Trinajstić information content (AvgIpc) is 3.38. The van der Waals surface area contributed by atoms with Crippen molar-refractivity contribution in [2.24, 2.45) is 7.05 Å². The summed E-state index contributed by atoms with van der Waals surface area (Å²) in [7, 11) is 1.74. The maximum absolute atomic E-state index is 12.8. The van der Waals surface area contributed by atoms with Crippen LogP contribution in [0.2, 0.25) is 0 Å². The topological polar surface area (TPSA) is 113 Å². The van der Waals surface area contributed by atoms with Gasteiger partial charge in [0.15, 0.2) is 17.8 Å². The second-order valence-electron chi connectivity index (χ2n) is 7.33. The van der Waals surface area contributed by atoms with Crippen LogP contribution in [0.25, 0.3) is 22.6 Å². The maximum atomic E-state index is 12.8. The van der Waals surface area contributed by atoms with Crippen LogP contribution in [0, 0.1) is 6.92 Å². The van der Waals surface area contributed by atoms with Gasteiger partial charge in [-0.3, -0.25) is 14.1 Å². The number of hydrogen-bond donors (Lipinski definition) is 1. The molecule has 1 aliphatic rings. The Kier molecular flexibility index (Phi) is 4.55. The van der Waals surface area contributed by atoms with Crippen molar-refractivity contribution in [3.05, 3.63) is 47.1 Å². The van der Waals surface area contributed by atoms with Crippen LogP contribution in [0.4, 0.5) is 11.6 Å². The number of aryl methyl sites for hydroxylation is 2. The van der Waals surface area contributed by atoms with Gasteiger partial charge >= 0.3 is 5.69 Å². The lowest BCUT2D eigenvalue weighted by Gasteiger charge is -2.22. The number of anilines is 2. The van der Waals surface area contributed by atoms with Crippen LogP contribution in [0.15, 0.2) is 40.3 Å². The first-order valence-electron chi connectivity index (χ1n) is 9.76. The number of nitrogens with zero attached hydrogens (tertiary/aromatic N) is 6. The van der Waals surface area contributed by atoms with Gasteiger partial charge in [0.1, 0.15) is 11.2 Å². The van der Waals surface area contributed by atoms with Crippen molar-refractivity contribution in [3.63, 3.8) is 0 Å². The van der Waals surface area contributed by atoms with Gasteiger partial charge in [0.2, 0.25) is 5.95 Å². The predicted molar refractivity (Wildman–Crippen MR) is 110 cm³/mol. The largest absolute Gasteiger partial charge is 0.442 e. The van der Waals surface area contributed by atoms with E-state index in [-0.39, 0.29) is 11.7 Å². The van der Waals surface area contributed by atoms with E-state index in [1.54, 1.807) is 34.8 Å². The standard InChI is InChI=1S/C20H21N7O3/c1-12-7-14(17-10-21-11-30-17)22-8-15(12)24-19-23-9-16-18(25-19)27(20(28)26(16)2)13-3-5-29-6-4-13/h7-11,13H,3-6H2,1-2H3,(H,23,24,25). The van der Waals surface area contributed by atoms with E-state index >= 15 is 0 Å². The molecule has 0 atom stereocenters. The molecule has 4 aromatic rings. The van der Waals surface area contributed by atoms with Crippen LogP contribution in [0.1, 0.15) is 24.4 Å². The highest BCUT2D eigenvalue weighted by molar-refractivity contribution is 5.73. The fraction of sp³-hybridized carbons (Fsp3) is 0.350. The summed E-state index contributed by atoms with van der Waals surface area (Å²) in [5.41, 5.74) is 3.66. The van der Waals surface area contributed by atoms with E-state index in [1.165, 1.54) is 6.39 Å². The van der Waals surface area contributed by atoms with Gasteiger partial charge < -0.3 is 14.5 Å². The third kappa shape index (κ3) is 3.14. The first-order valence-corrected chi connectivity index (χ1v) is 9.76. The van der Waals surface area contributed by atoms with Gasteiger partial charge in [-0.25, -0.2) is 14.8 Å². The Hall–Kier alpha value is -3.53. The van der Waals surface area contributed by atoms with Gasteiger partial charge in [-0.1, -0.05) is 0 Å². The van der Waals surface area contributed by atoms with Crippen molar-refractivity contribution in [2.75, 3.05) is 18.5 Å². The van der Waals surface area contributed by atoms with Crippen molar-refractivity contribution < 1.29 is 9.15 Å². The molecule has 5 rings (SSSR count). The van der Waals surface area contributed by atoms with Gasteiger partial charge in [-0.2, -0.15) is 4.98 Å². The lowest BCUT2D eigenvalue weighted by Crippen LogP contribution is -2.30. The van der Waals surface area contributed by atoms with E-state index in [4.69, 9.17) is 9.15 Å². The van der Waals surface area contributed by atoms with Crippen LogP contribution in [-0.2, 0) is 11.8 Å². The first kappa shape index (κ1) is 18.5. The van der Waals surface area contributed by atoms with Gasteiger partial charge in [-0.05, 0) is 31.4 Å². The van der Waals surface area contributed by atoms with E-state index in [2.05, 4.69) is 25.3 Å². The highest BCUT2D eigenvalue weighted by Crippen LogP contribution is 2.26. The van der Waals surface area contributed by atoms with Crippen LogP contribution in [0.5, 0.6) is 0 Å². The molecule has 1 aliphatic heterocycles. The van der Waals surface area contributed by atoms with Crippen molar-refractivity contribution in [2.45, 2.75) is 25.8 Å². The molecule has 5 heterocycles. The lowest BCUT2D eigenvalue weighted by atomic mass is 10.1. The SMILES string of the molecule is Cc1cc(-c2cnco2)ncc1Nc1ncc2c(n1)n(C1CCOCC1)c(=O)n2C. The minimum atomic E-state index is -0.0855. The normalized spacial score (nSPS) is 15.0. The van der Waals surface area contributed by atoms with E-state index in [9.17, 15) is 4.79 Å². The van der Waals surface area contributed by atoms with Crippen LogP contribution >= 0.6 is 0 Å². The summed E-state index contributed by atoms with van der Waals surface area (Å²) in [4.78, 5) is 30.2. The number of ether oxygens (including phenoxy) is 1. The monoisotopic (exact) mass is 407 g/mol. The Morgan fingerprint density at radius 2 is 2.00 bits per heavy atom. The quantitative estimate of drug-likeness (QED) is 0.549. The molecular weight excluding hydrogens is 386 g/mol. The number of pyridine rings is 1. The average molecular weight is 407 g/mol. The molecule has 154 valence electrons. The Labute approximate surface area is 171 Å². The van der Waals surface area contributed by atoms with Crippen molar-refractivity contribution in [1.29, 1.82) is 0 Å². The molecule has 1 saturated heterocycles. The van der Waals surface area contributed by atoms with Gasteiger partial charge in [0.05, 0.1) is 24.3 Å². The molecular formula is C20H21N7O3.